The fourth-order valence-corrected chi connectivity index (χ4v) is 3.46. The Kier molecular flexibility index (Phi) is 6.01. The van der Waals surface area contributed by atoms with E-state index in [2.05, 4.69) is 20.6 Å². The monoisotopic (exact) mass is 332 g/mol. The molecule has 6 heteroatoms. The first-order valence-corrected chi connectivity index (χ1v) is 9.23. The lowest BCUT2D eigenvalue weighted by molar-refractivity contribution is 0.0853. The van der Waals surface area contributed by atoms with Gasteiger partial charge >= 0.3 is 0 Å². The maximum Gasteiger partial charge on any atom is 0.270 e. The maximum atomic E-state index is 12.4. The van der Waals surface area contributed by atoms with Gasteiger partial charge in [0.1, 0.15) is 5.69 Å². The van der Waals surface area contributed by atoms with Crippen molar-refractivity contribution in [2.75, 3.05) is 18.5 Å². The van der Waals surface area contributed by atoms with Crippen LogP contribution in [0.1, 0.15) is 67.5 Å². The molecule has 0 spiro atoms. The van der Waals surface area contributed by atoms with Crippen molar-refractivity contribution in [1.82, 2.24) is 15.3 Å². The molecule has 0 radical (unpaired) electrons. The summed E-state index contributed by atoms with van der Waals surface area (Å²) >= 11 is 0. The molecule has 6 nitrogen and oxygen atoms in total. The highest BCUT2D eigenvalue weighted by atomic mass is 16.5. The SMILES string of the molecule is Cc1cc(C(=O)NCC2CCCO2)nc(NC2CCCCCC2)n1. The summed E-state index contributed by atoms with van der Waals surface area (Å²) in [6.45, 7) is 3.24. The molecular formula is C18H28N4O2. The molecule has 132 valence electrons. The van der Waals surface area contributed by atoms with Crippen LogP contribution in [-0.4, -0.2) is 41.2 Å². The standard InChI is InChI=1S/C18H28N4O2/c1-13-11-16(17(23)19-12-15-9-6-10-24-15)22-18(20-13)21-14-7-4-2-3-5-8-14/h11,14-15H,2-10,12H2,1H3,(H,19,23)(H,20,21,22). The van der Waals surface area contributed by atoms with E-state index in [0.29, 0.717) is 24.2 Å². The van der Waals surface area contributed by atoms with Crippen LogP contribution in [0.4, 0.5) is 5.95 Å². The minimum Gasteiger partial charge on any atom is -0.376 e. The molecule has 1 saturated carbocycles. The molecule has 1 aromatic rings. The zero-order valence-corrected chi connectivity index (χ0v) is 14.5. The summed E-state index contributed by atoms with van der Waals surface area (Å²) in [4.78, 5) is 21.2. The van der Waals surface area contributed by atoms with Gasteiger partial charge in [-0.2, -0.15) is 0 Å². The molecule has 1 unspecified atom stereocenters. The summed E-state index contributed by atoms with van der Waals surface area (Å²) < 4.78 is 5.54. The van der Waals surface area contributed by atoms with Crippen LogP contribution in [0.15, 0.2) is 6.07 Å². The summed E-state index contributed by atoms with van der Waals surface area (Å²) in [5.74, 6) is 0.420. The largest absolute Gasteiger partial charge is 0.376 e. The zero-order chi connectivity index (χ0) is 16.8. The fraction of sp³-hybridized carbons (Fsp3) is 0.722. The number of carbonyl (C=O) groups is 1. The third-order valence-corrected chi connectivity index (χ3v) is 4.79. The van der Waals surface area contributed by atoms with Gasteiger partial charge < -0.3 is 15.4 Å². The fourth-order valence-electron chi connectivity index (χ4n) is 3.46. The second kappa shape index (κ2) is 8.42. The number of carbonyl (C=O) groups excluding carboxylic acids is 1. The Balaban J connectivity index is 1.60. The molecule has 2 heterocycles. The van der Waals surface area contributed by atoms with Crippen molar-refractivity contribution >= 4 is 11.9 Å². The topological polar surface area (TPSA) is 76.1 Å². The number of aryl methyl sites for hydroxylation is 1. The van der Waals surface area contributed by atoms with Gasteiger partial charge in [0.25, 0.3) is 5.91 Å². The minimum atomic E-state index is -0.153. The first-order chi connectivity index (χ1) is 11.7. The number of rotatable bonds is 5. The normalized spacial score (nSPS) is 22.1. The molecule has 1 atom stereocenters. The van der Waals surface area contributed by atoms with Crippen molar-refractivity contribution in [3.63, 3.8) is 0 Å². The molecule has 1 amide bonds. The van der Waals surface area contributed by atoms with Crippen molar-refractivity contribution in [2.24, 2.45) is 0 Å². The molecule has 1 saturated heterocycles. The van der Waals surface area contributed by atoms with Crippen LogP contribution in [0.5, 0.6) is 0 Å². The lowest BCUT2D eigenvalue weighted by atomic mass is 10.1. The van der Waals surface area contributed by atoms with E-state index in [4.69, 9.17) is 4.74 Å². The van der Waals surface area contributed by atoms with Crippen LogP contribution in [0.2, 0.25) is 0 Å². The molecular weight excluding hydrogens is 304 g/mol. The van der Waals surface area contributed by atoms with Crippen LogP contribution in [0.3, 0.4) is 0 Å². The van der Waals surface area contributed by atoms with Gasteiger partial charge in [-0.05, 0) is 38.7 Å². The second-order valence-corrected chi connectivity index (χ2v) is 6.90. The number of aromatic nitrogens is 2. The van der Waals surface area contributed by atoms with Gasteiger partial charge in [0.15, 0.2) is 0 Å². The molecule has 2 fully saturated rings. The maximum absolute atomic E-state index is 12.4. The number of ether oxygens (including phenoxy) is 1. The number of anilines is 1. The first-order valence-electron chi connectivity index (χ1n) is 9.23. The van der Waals surface area contributed by atoms with Crippen LogP contribution in [0.25, 0.3) is 0 Å². The first kappa shape index (κ1) is 17.1. The van der Waals surface area contributed by atoms with Gasteiger partial charge in [-0.3, -0.25) is 4.79 Å². The molecule has 1 aliphatic heterocycles. The second-order valence-electron chi connectivity index (χ2n) is 6.90. The van der Waals surface area contributed by atoms with E-state index < -0.39 is 0 Å². The van der Waals surface area contributed by atoms with Crippen LogP contribution >= 0.6 is 0 Å². The molecule has 2 aliphatic rings. The van der Waals surface area contributed by atoms with E-state index in [1.54, 1.807) is 6.07 Å². The average Bonchev–Trinajstić information content (AvgIpc) is 2.96. The van der Waals surface area contributed by atoms with E-state index in [9.17, 15) is 4.79 Å². The number of hydrogen-bond donors (Lipinski definition) is 2. The van der Waals surface area contributed by atoms with Gasteiger partial charge in [-0.15, -0.1) is 0 Å². The van der Waals surface area contributed by atoms with Gasteiger partial charge in [-0.1, -0.05) is 25.7 Å². The van der Waals surface area contributed by atoms with Gasteiger partial charge in [0, 0.05) is 24.9 Å². The Morgan fingerprint density at radius 2 is 1.96 bits per heavy atom. The number of nitrogens with zero attached hydrogens (tertiary/aromatic N) is 2. The van der Waals surface area contributed by atoms with E-state index >= 15 is 0 Å². The summed E-state index contributed by atoms with van der Waals surface area (Å²) in [5, 5.41) is 6.35. The van der Waals surface area contributed by atoms with Gasteiger partial charge in [0.2, 0.25) is 5.95 Å². The molecule has 1 aromatic heterocycles. The van der Waals surface area contributed by atoms with E-state index in [1.165, 1.54) is 25.7 Å². The molecule has 3 rings (SSSR count). The lowest BCUT2D eigenvalue weighted by Crippen LogP contribution is -2.32. The third kappa shape index (κ3) is 4.90. The highest BCUT2D eigenvalue weighted by molar-refractivity contribution is 5.92. The molecule has 24 heavy (non-hydrogen) atoms. The molecule has 0 aromatic carbocycles. The Hall–Kier alpha value is -1.69. The Bertz CT molecular complexity index is 550. The van der Waals surface area contributed by atoms with Crippen molar-refractivity contribution in [1.29, 1.82) is 0 Å². The molecule has 0 bridgehead atoms. The van der Waals surface area contributed by atoms with Crippen molar-refractivity contribution < 1.29 is 9.53 Å². The summed E-state index contributed by atoms with van der Waals surface area (Å²) in [7, 11) is 0. The smallest absolute Gasteiger partial charge is 0.270 e. The Morgan fingerprint density at radius 1 is 1.17 bits per heavy atom. The average molecular weight is 332 g/mol. The number of hydrogen-bond acceptors (Lipinski definition) is 5. The predicted molar refractivity (Wildman–Crippen MR) is 93.2 cm³/mol. The summed E-state index contributed by atoms with van der Waals surface area (Å²) in [6, 6.07) is 2.15. The van der Waals surface area contributed by atoms with Crippen LogP contribution < -0.4 is 10.6 Å². The number of nitrogens with one attached hydrogen (secondary N) is 2. The zero-order valence-electron chi connectivity index (χ0n) is 14.5. The van der Waals surface area contributed by atoms with Crippen molar-refractivity contribution in [3.05, 3.63) is 17.5 Å². The third-order valence-electron chi connectivity index (χ3n) is 4.79. The van der Waals surface area contributed by atoms with E-state index in [1.807, 2.05) is 6.92 Å². The molecule has 1 aliphatic carbocycles. The summed E-state index contributed by atoms with van der Waals surface area (Å²) in [5.41, 5.74) is 1.24. The number of amides is 1. The molecule has 2 N–H and O–H groups in total. The van der Waals surface area contributed by atoms with E-state index in [-0.39, 0.29) is 12.0 Å². The lowest BCUT2D eigenvalue weighted by Gasteiger charge is -2.17. The van der Waals surface area contributed by atoms with Crippen LogP contribution in [-0.2, 0) is 4.74 Å². The van der Waals surface area contributed by atoms with Crippen LogP contribution in [0, 0.1) is 6.92 Å². The minimum absolute atomic E-state index is 0.139. The van der Waals surface area contributed by atoms with Gasteiger partial charge in [-0.25, -0.2) is 9.97 Å². The predicted octanol–water partition coefficient (Wildman–Crippen LogP) is 2.83. The highest BCUT2D eigenvalue weighted by Gasteiger charge is 2.19. The Labute approximate surface area is 143 Å². The quantitative estimate of drug-likeness (QED) is 0.811. The highest BCUT2D eigenvalue weighted by Crippen LogP contribution is 2.20. The van der Waals surface area contributed by atoms with Gasteiger partial charge in [0.05, 0.1) is 6.10 Å². The summed E-state index contributed by atoms with van der Waals surface area (Å²) in [6.07, 6.45) is 9.64. The van der Waals surface area contributed by atoms with Crippen molar-refractivity contribution in [2.45, 2.75) is 70.4 Å². The van der Waals surface area contributed by atoms with Crippen molar-refractivity contribution in [3.8, 4) is 0 Å². The van der Waals surface area contributed by atoms with E-state index in [0.717, 1.165) is 38.0 Å². The Morgan fingerprint density at radius 3 is 2.67 bits per heavy atom.